The van der Waals surface area contributed by atoms with Crippen molar-refractivity contribution in [1.29, 1.82) is 0 Å². The summed E-state index contributed by atoms with van der Waals surface area (Å²) in [5, 5.41) is 8.02. The molecule has 0 fully saturated rings. The molecule has 2 aromatic rings. The molecule has 0 bridgehead atoms. The average molecular weight is 230 g/mol. The Morgan fingerprint density at radius 3 is 3.25 bits per heavy atom. The number of rotatable bonds is 1. The molecular weight excluding hydrogens is 220 g/mol. The van der Waals surface area contributed by atoms with Gasteiger partial charge in [0.25, 0.3) is 0 Å². The standard InChI is InChI=1S/C12H10N2OS/c1-9(15)16-7-3-6-10-4-2-5-11-8-13-14-12(10)11/h2,4-5,8H,7H2,1H3,(H,13,14). The van der Waals surface area contributed by atoms with Crippen LogP contribution in [0.4, 0.5) is 0 Å². The minimum atomic E-state index is 0.0917. The van der Waals surface area contributed by atoms with Crippen LogP contribution < -0.4 is 0 Å². The number of H-pyrrole nitrogens is 1. The monoisotopic (exact) mass is 230 g/mol. The minimum absolute atomic E-state index is 0.0917. The molecule has 16 heavy (non-hydrogen) atoms. The van der Waals surface area contributed by atoms with Gasteiger partial charge in [0, 0.05) is 12.3 Å². The Morgan fingerprint density at radius 2 is 2.44 bits per heavy atom. The first-order valence-electron chi connectivity index (χ1n) is 4.81. The van der Waals surface area contributed by atoms with Crippen LogP contribution in [0.3, 0.4) is 0 Å². The predicted octanol–water partition coefficient (Wildman–Crippen LogP) is 2.19. The number of hydrogen-bond acceptors (Lipinski definition) is 3. The maximum Gasteiger partial charge on any atom is 0.186 e. The van der Waals surface area contributed by atoms with E-state index in [9.17, 15) is 4.79 Å². The van der Waals surface area contributed by atoms with Crippen LogP contribution in [0.25, 0.3) is 10.9 Å². The molecule has 2 rings (SSSR count). The van der Waals surface area contributed by atoms with Gasteiger partial charge in [-0.25, -0.2) is 0 Å². The van der Waals surface area contributed by atoms with Gasteiger partial charge < -0.3 is 0 Å². The Kier molecular flexibility index (Phi) is 3.28. The molecule has 0 radical (unpaired) electrons. The van der Waals surface area contributed by atoms with Gasteiger partial charge in [-0.15, -0.1) is 0 Å². The van der Waals surface area contributed by atoms with Gasteiger partial charge in [0.05, 0.1) is 23.0 Å². The summed E-state index contributed by atoms with van der Waals surface area (Å²) in [6, 6.07) is 5.86. The largest absolute Gasteiger partial charge is 0.288 e. The van der Waals surface area contributed by atoms with E-state index in [4.69, 9.17) is 0 Å². The van der Waals surface area contributed by atoms with Crippen LogP contribution in [0, 0.1) is 11.8 Å². The molecule has 0 saturated carbocycles. The number of fused-ring (bicyclic) bond motifs is 1. The summed E-state index contributed by atoms with van der Waals surface area (Å²) in [5.74, 6) is 6.52. The van der Waals surface area contributed by atoms with Gasteiger partial charge in [-0.05, 0) is 6.07 Å². The molecule has 1 aromatic heterocycles. The Morgan fingerprint density at radius 1 is 1.56 bits per heavy atom. The van der Waals surface area contributed by atoms with Crippen molar-refractivity contribution in [3.05, 3.63) is 30.0 Å². The number of aromatic amines is 1. The highest BCUT2D eigenvalue weighted by Gasteiger charge is 1.98. The van der Waals surface area contributed by atoms with Crippen LogP contribution in [-0.2, 0) is 4.79 Å². The highest BCUT2D eigenvalue weighted by molar-refractivity contribution is 8.13. The zero-order valence-corrected chi connectivity index (χ0v) is 9.60. The topological polar surface area (TPSA) is 45.8 Å². The summed E-state index contributed by atoms with van der Waals surface area (Å²) in [6.07, 6.45) is 1.77. The van der Waals surface area contributed by atoms with Gasteiger partial charge in [0.2, 0.25) is 0 Å². The van der Waals surface area contributed by atoms with Crippen molar-refractivity contribution in [1.82, 2.24) is 10.2 Å². The lowest BCUT2D eigenvalue weighted by Gasteiger charge is -1.92. The summed E-state index contributed by atoms with van der Waals surface area (Å²) in [6.45, 7) is 1.54. The van der Waals surface area contributed by atoms with Crippen molar-refractivity contribution in [2.24, 2.45) is 0 Å². The molecule has 0 spiro atoms. The van der Waals surface area contributed by atoms with Crippen molar-refractivity contribution in [2.75, 3.05) is 5.75 Å². The number of carbonyl (C=O) groups excluding carboxylic acids is 1. The van der Waals surface area contributed by atoms with Gasteiger partial charge in [-0.3, -0.25) is 9.89 Å². The molecular formula is C12H10N2OS. The van der Waals surface area contributed by atoms with Gasteiger partial charge in [0.15, 0.2) is 5.12 Å². The molecule has 1 heterocycles. The van der Waals surface area contributed by atoms with Crippen molar-refractivity contribution in [2.45, 2.75) is 6.92 Å². The van der Waals surface area contributed by atoms with Crippen LogP contribution in [0.5, 0.6) is 0 Å². The summed E-state index contributed by atoms with van der Waals surface area (Å²) in [4.78, 5) is 10.7. The van der Waals surface area contributed by atoms with E-state index in [0.717, 1.165) is 16.5 Å². The molecule has 0 amide bonds. The Bertz CT molecular complexity index is 577. The van der Waals surface area contributed by atoms with Crippen molar-refractivity contribution < 1.29 is 4.79 Å². The lowest BCUT2D eigenvalue weighted by atomic mass is 10.1. The van der Waals surface area contributed by atoms with Crippen LogP contribution >= 0.6 is 11.8 Å². The summed E-state index contributed by atoms with van der Waals surface area (Å²) in [5.41, 5.74) is 1.86. The minimum Gasteiger partial charge on any atom is -0.288 e. The van der Waals surface area contributed by atoms with E-state index in [-0.39, 0.29) is 5.12 Å². The number of benzene rings is 1. The molecule has 0 unspecified atom stereocenters. The fraction of sp³-hybridized carbons (Fsp3) is 0.167. The van der Waals surface area contributed by atoms with E-state index in [2.05, 4.69) is 22.0 Å². The SMILES string of the molecule is CC(=O)SCC#Cc1cccc2cn[nH]c12. The van der Waals surface area contributed by atoms with E-state index >= 15 is 0 Å². The van der Waals surface area contributed by atoms with Gasteiger partial charge in [-0.1, -0.05) is 35.7 Å². The molecule has 0 aliphatic carbocycles. The highest BCUT2D eigenvalue weighted by atomic mass is 32.2. The van der Waals surface area contributed by atoms with Crippen LogP contribution in [0.1, 0.15) is 12.5 Å². The number of nitrogens with one attached hydrogen (secondary N) is 1. The van der Waals surface area contributed by atoms with Gasteiger partial charge >= 0.3 is 0 Å². The highest BCUT2D eigenvalue weighted by Crippen LogP contribution is 2.14. The lowest BCUT2D eigenvalue weighted by Crippen LogP contribution is -1.83. The third-order valence-corrected chi connectivity index (χ3v) is 2.74. The number of hydrogen-bond donors (Lipinski definition) is 1. The Labute approximate surface area is 97.6 Å². The summed E-state index contributed by atoms with van der Waals surface area (Å²) < 4.78 is 0. The quantitative estimate of drug-likeness (QED) is 0.764. The first kappa shape index (κ1) is 10.8. The van der Waals surface area contributed by atoms with Crippen molar-refractivity contribution >= 4 is 27.8 Å². The fourth-order valence-electron chi connectivity index (χ4n) is 1.34. The van der Waals surface area contributed by atoms with E-state index in [0.29, 0.717) is 5.75 Å². The van der Waals surface area contributed by atoms with Crippen molar-refractivity contribution in [3.8, 4) is 11.8 Å². The van der Waals surface area contributed by atoms with Crippen molar-refractivity contribution in [3.63, 3.8) is 0 Å². The molecule has 1 N–H and O–H groups in total. The van der Waals surface area contributed by atoms with Crippen LogP contribution in [-0.4, -0.2) is 21.1 Å². The Hall–Kier alpha value is -1.73. The van der Waals surface area contributed by atoms with Crippen LogP contribution in [0.2, 0.25) is 0 Å². The zero-order valence-electron chi connectivity index (χ0n) is 8.78. The summed E-state index contributed by atoms with van der Waals surface area (Å²) >= 11 is 1.22. The first-order valence-corrected chi connectivity index (χ1v) is 5.80. The fourth-order valence-corrected chi connectivity index (χ4v) is 1.69. The van der Waals surface area contributed by atoms with Crippen LogP contribution in [0.15, 0.2) is 24.4 Å². The van der Waals surface area contributed by atoms with E-state index < -0.39 is 0 Å². The molecule has 4 heteroatoms. The molecule has 3 nitrogen and oxygen atoms in total. The predicted molar refractivity (Wildman–Crippen MR) is 66.1 cm³/mol. The second-order valence-corrected chi connectivity index (χ2v) is 4.37. The summed E-state index contributed by atoms with van der Waals surface area (Å²) in [7, 11) is 0. The van der Waals surface area contributed by atoms with Gasteiger partial charge in [-0.2, -0.15) is 5.10 Å². The third kappa shape index (κ3) is 2.44. The number of aromatic nitrogens is 2. The van der Waals surface area contributed by atoms with E-state index in [1.54, 1.807) is 13.1 Å². The smallest absolute Gasteiger partial charge is 0.186 e. The van der Waals surface area contributed by atoms with E-state index in [1.807, 2.05) is 18.2 Å². The van der Waals surface area contributed by atoms with E-state index in [1.165, 1.54) is 11.8 Å². The Balaban J connectivity index is 2.20. The molecule has 1 aromatic carbocycles. The first-order chi connectivity index (χ1) is 7.77. The lowest BCUT2D eigenvalue weighted by molar-refractivity contribution is -0.109. The average Bonchev–Trinajstić information content (AvgIpc) is 2.72. The number of para-hydroxylation sites is 1. The number of carbonyl (C=O) groups is 1. The maximum absolute atomic E-state index is 10.7. The maximum atomic E-state index is 10.7. The zero-order chi connectivity index (χ0) is 11.4. The third-order valence-electron chi connectivity index (χ3n) is 2.05. The number of thioether (sulfide) groups is 1. The number of nitrogens with zero attached hydrogens (tertiary/aromatic N) is 1. The molecule has 0 saturated heterocycles. The second kappa shape index (κ2) is 4.86. The molecule has 0 atom stereocenters. The molecule has 0 aliphatic heterocycles. The normalized spacial score (nSPS) is 9.81. The second-order valence-electron chi connectivity index (χ2n) is 3.22. The van der Waals surface area contributed by atoms with Gasteiger partial charge in [0.1, 0.15) is 0 Å². The molecule has 0 aliphatic rings. The molecule has 80 valence electrons.